The Morgan fingerprint density at radius 2 is 2.00 bits per heavy atom. The van der Waals surface area contributed by atoms with E-state index < -0.39 is 0 Å². The van der Waals surface area contributed by atoms with Crippen molar-refractivity contribution in [2.24, 2.45) is 0 Å². The topological polar surface area (TPSA) is 60.2 Å². The van der Waals surface area contributed by atoms with Gasteiger partial charge >= 0.3 is 0 Å². The van der Waals surface area contributed by atoms with Crippen molar-refractivity contribution >= 4 is 11.6 Å². The third kappa shape index (κ3) is 4.44. The first-order valence-electron chi connectivity index (χ1n) is 7.15. The molecule has 0 unspecified atom stereocenters. The summed E-state index contributed by atoms with van der Waals surface area (Å²) in [6.07, 6.45) is 2.71. The van der Waals surface area contributed by atoms with Gasteiger partial charge in [0.25, 0.3) is 0 Å². The number of halogens is 1. The molecule has 0 radical (unpaired) electrons. The van der Waals surface area contributed by atoms with Crippen LogP contribution in [0.5, 0.6) is 5.75 Å². The highest BCUT2D eigenvalue weighted by atomic mass is 35.5. The van der Waals surface area contributed by atoms with Crippen LogP contribution < -0.4 is 4.74 Å². The van der Waals surface area contributed by atoms with Crippen molar-refractivity contribution in [3.05, 3.63) is 40.7 Å². The zero-order chi connectivity index (χ0) is 15.1. The zero-order valence-electron chi connectivity index (χ0n) is 12.1. The summed E-state index contributed by atoms with van der Waals surface area (Å²) in [7, 11) is 0. The van der Waals surface area contributed by atoms with E-state index in [4.69, 9.17) is 16.3 Å². The standard InChI is InChI=1S/C15H20ClN3O2/c1-2-15-14(11-20)17-18-19(15)9-3-4-10-21-13-7-5-12(16)6-8-13/h5-8,20H,2-4,9-11H2,1H3. The number of aliphatic hydroxyl groups is 1. The number of rotatable bonds is 8. The van der Waals surface area contributed by atoms with E-state index in [2.05, 4.69) is 10.3 Å². The van der Waals surface area contributed by atoms with Gasteiger partial charge in [-0.1, -0.05) is 23.7 Å². The van der Waals surface area contributed by atoms with Gasteiger partial charge in [-0.2, -0.15) is 0 Å². The van der Waals surface area contributed by atoms with E-state index in [1.54, 1.807) is 0 Å². The number of hydrogen-bond donors (Lipinski definition) is 1. The van der Waals surface area contributed by atoms with Crippen LogP contribution in [0.1, 0.15) is 31.2 Å². The van der Waals surface area contributed by atoms with Crippen molar-refractivity contribution in [3.63, 3.8) is 0 Å². The van der Waals surface area contributed by atoms with E-state index in [0.29, 0.717) is 17.3 Å². The van der Waals surface area contributed by atoms with Crippen molar-refractivity contribution in [1.82, 2.24) is 15.0 Å². The summed E-state index contributed by atoms with van der Waals surface area (Å²) >= 11 is 5.82. The van der Waals surface area contributed by atoms with Gasteiger partial charge in [0.2, 0.25) is 0 Å². The average Bonchev–Trinajstić information content (AvgIpc) is 2.90. The fourth-order valence-corrected chi connectivity index (χ4v) is 2.27. The van der Waals surface area contributed by atoms with Gasteiger partial charge < -0.3 is 9.84 Å². The maximum Gasteiger partial charge on any atom is 0.119 e. The smallest absolute Gasteiger partial charge is 0.119 e. The number of hydrogen-bond acceptors (Lipinski definition) is 4. The fraction of sp³-hybridized carbons (Fsp3) is 0.467. The van der Waals surface area contributed by atoms with Gasteiger partial charge in [0.1, 0.15) is 11.4 Å². The minimum Gasteiger partial charge on any atom is -0.494 e. The molecule has 0 aliphatic heterocycles. The van der Waals surface area contributed by atoms with Gasteiger partial charge in [0.15, 0.2) is 0 Å². The third-order valence-corrected chi connectivity index (χ3v) is 3.50. The Labute approximate surface area is 129 Å². The molecule has 0 spiro atoms. The Bertz CT molecular complexity index is 555. The molecule has 1 heterocycles. The van der Waals surface area contributed by atoms with Crippen LogP contribution in [-0.2, 0) is 19.6 Å². The Kier molecular flexibility index (Phi) is 6.02. The lowest BCUT2D eigenvalue weighted by atomic mass is 10.2. The predicted molar refractivity (Wildman–Crippen MR) is 81.5 cm³/mol. The van der Waals surface area contributed by atoms with Gasteiger partial charge in [-0.15, -0.1) is 5.10 Å². The highest BCUT2D eigenvalue weighted by Crippen LogP contribution is 2.16. The molecule has 2 rings (SSSR count). The maximum atomic E-state index is 9.17. The second-order valence-corrected chi connectivity index (χ2v) is 5.16. The molecule has 2 aromatic rings. The van der Waals surface area contributed by atoms with E-state index in [1.807, 2.05) is 35.9 Å². The van der Waals surface area contributed by atoms with Crippen LogP contribution in [0.25, 0.3) is 0 Å². The zero-order valence-corrected chi connectivity index (χ0v) is 12.9. The molecule has 0 aliphatic rings. The summed E-state index contributed by atoms with van der Waals surface area (Å²) in [6.45, 7) is 3.44. The van der Waals surface area contributed by atoms with Gasteiger partial charge in [-0.25, -0.2) is 4.68 Å². The first kappa shape index (κ1) is 15.8. The van der Waals surface area contributed by atoms with Gasteiger partial charge in [-0.05, 0) is 43.5 Å². The van der Waals surface area contributed by atoms with Crippen LogP contribution in [0.4, 0.5) is 0 Å². The fourth-order valence-electron chi connectivity index (χ4n) is 2.14. The van der Waals surface area contributed by atoms with Crippen molar-refractivity contribution < 1.29 is 9.84 Å². The molecule has 0 atom stereocenters. The number of nitrogens with zero attached hydrogens (tertiary/aromatic N) is 3. The first-order chi connectivity index (χ1) is 10.2. The van der Waals surface area contributed by atoms with Crippen LogP contribution >= 0.6 is 11.6 Å². The summed E-state index contributed by atoms with van der Waals surface area (Å²) < 4.78 is 7.51. The van der Waals surface area contributed by atoms with Crippen LogP contribution in [0.3, 0.4) is 0 Å². The Morgan fingerprint density at radius 3 is 2.67 bits per heavy atom. The maximum absolute atomic E-state index is 9.17. The van der Waals surface area contributed by atoms with Crippen LogP contribution in [0.2, 0.25) is 5.02 Å². The average molecular weight is 310 g/mol. The molecule has 114 valence electrons. The number of unbranched alkanes of at least 4 members (excludes halogenated alkanes) is 1. The largest absolute Gasteiger partial charge is 0.494 e. The van der Waals surface area contributed by atoms with Crippen molar-refractivity contribution in [1.29, 1.82) is 0 Å². The molecule has 21 heavy (non-hydrogen) atoms. The van der Waals surface area contributed by atoms with Gasteiger partial charge in [0.05, 0.1) is 18.9 Å². The van der Waals surface area contributed by atoms with Crippen LogP contribution in [0.15, 0.2) is 24.3 Å². The first-order valence-corrected chi connectivity index (χ1v) is 7.52. The second kappa shape index (κ2) is 8.00. The number of benzene rings is 1. The van der Waals surface area contributed by atoms with E-state index in [1.165, 1.54) is 0 Å². The van der Waals surface area contributed by atoms with Gasteiger partial charge in [-0.3, -0.25) is 0 Å². The van der Waals surface area contributed by atoms with Crippen molar-refractivity contribution in [2.45, 2.75) is 39.3 Å². The molecule has 0 saturated heterocycles. The Balaban J connectivity index is 1.72. The molecule has 0 aliphatic carbocycles. The summed E-state index contributed by atoms with van der Waals surface area (Å²) in [5, 5.41) is 17.9. The molecule has 0 fully saturated rings. The molecular weight excluding hydrogens is 290 g/mol. The van der Waals surface area contributed by atoms with Gasteiger partial charge in [0, 0.05) is 11.6 Å². The van der Waals surface area contributed by atoms with Crippen LogP contribution in [-0.4, -0.2) is 26.7 Å². The second-order valence-electron chi connectivity index (χ2n) is 4.73. The number of aliphatic hydroxyl groups excluding tert-OH is 1. The molecule has 0 saturated carbocycles. The van der Waals surface area contributed by atoms with E-state index in [0.717, 1.165) is 37.3 Å². The lowest BCUT2D eigenvalue weighted by Gasteiger charge is -2.07. The quantitative estimate of drug-likeness (QED) is 0.762. The molecule has 6 heteroatoms. The van der Waals surface area contributed by atoms with E-state index in [-0.39, 0.29) is 6.61 Å². The molecule has 5 nitrogen and oxygen atoms in total. The molecule has 1 N–H and O–H groups in total. The number of ether oxygens (including phenoxy) is 1. The van der Waals surface area contributed by atoms with E-state index in [9.17, 15) is 5.11 Å². The third-order valence-electron chi connectivity index (χ3n) is 3.25. The lowest BCUT2D eigenvalue weighted by Crippen LogP contribution is -2.07. The van der Waals surface area contributed by atoms with Crippen molar-refractivity contribution in [3.8, 4) is 5.75 Å². The SMILES string of the molecule is CCc1c(CO)nnn1CCCCOc1ccc(Cl)cc1. The predicted octanol–water partition coefficient (Wildman–Crippen LogP) is 2.85. The monoisotopic (exact) mass is 309 g/mol. The summed E-state index contributed by atoms with van der Waals surface area (Å²) in [6, 6.07) is 7.36. The Hall–Kier alpha value is -1.59. The Morgan fingerprint density at radius 1 is 1.24 bits per heavy atom. The minimum absolute atomic E-state index is 0.0527. The minimum atomic E-state index is -0.0527. The number of aromatic nitrogens is 3. The molecule has 0 bridgehead atoms. The molecule has 0 amide bonds. The van der Waals surface area contributed by atoms with E-state index >= 15 is 0 Å². The summed E-state index contributed by atoms with van der Waals surface area (Å²) in [4.78, 5) is 0. The normalized spacial score (nSPS) is 10.8. The highest BCUT2D eigenvalue weighted by Gasteiger charge is 2.09. The number of aryl methyl sites for hydroxylation is 1. The molecule has 1 aromatic heterocycles. The lowest BCUT2D eigenvalue weighted by molar-refractivity contribution is 0.275. The van der Waals surface area contributed by atoms with Crippen LogP contribution in [0, 0.1) is 0 Å². The molecule has 1 aromatic carbocycles. The molecular formula is C15H20ClN3O2. The summed E-state index contributed by atoms with van der Waals surface area (Å²) in [5.41, 5.74) is 1.69. The summed E-state index contributed by atoms with van der Waals surface area (Å²) in [5.74, 6) is 0.831. The highest BCUT2D eigenvalue weighted by molar-refractivity contribution is 6.30. The van der Waals surface area contributed by atoms with Crippen molar-refractivity contribution in [2.75, 3.05) is 6.61 Å².